The van der Waals surface area contributed by atoms with Crippen molar-refractivity contribution in [3.63, 3.8) is 0 Å². The Morgan fingerprint density at radius 2 is 2.29 bits per heavy atom. The van der Waals surface area contributed by atoms with Crippen molar-refractivity contribution < 1.29 is 4.39 Å². The molecule has 0 aromatic carbocycles. The number of hydrogen-bond acceptors (Lipinski definition) is 0. The van der Waals surface area contributed by atoms with Crippen LogP contribution in [0.15, 0.2) is 0 Å². The first-order valence-corrected chi connectivity index (χ1v) is 3.55. The van der Waals surface area contributed by atoms with Gasteiger partial charge in [0.25, 0.3) is 0 Å². The van der Waals surface area contributed by atoms with Gasteiger partial charge < -0.3 is 0 Å². The highest BCUT2D eigenvalue weighted by atomic mass is 79.9. The Morgan fingerprint density at radius 3 is 2.43 bits per heavy atom. The summed E-state index contributed by atoms with van der Waals surface area (Å²) in [6.45, 7) is 1.83. The number of rotatable bonds is 3. The van der Waals surface area contributed by atoms with Gasteiger partial charge in [-0.25, -0.2) is 0 Å². The average molecular weight is 169 g/mol. The molecule has 0 amide bonds. The summed E-state index contributed by atoms with van der Waals surface area (Å²) in [7, 11) is 0. The third-order valence-corrected chi connectivity index (χ3v) is 1.97. The maximum Gasteiger partial charge on any atom is 0.0897 e. The van der Waals surface area contributed by atoms with E-state index in [4.69, 9.17) is 0 Å². The van der Waals surface area contributed by atoms with Crippen molar-refractivity contribution in [2.75, 3.05) is 12.0 Å². The van der Waals surface area contributed by atoms with Crippen molar-refractivity contribution >= 4 is 15.9 Å². The minimum absolute atomic E-state index is 0.188. The van der Waals surface area contributed by atoms with Gasteiger partial charge in [-0.05, 0) is 12.3 Å². The van der Waals surface area contributed by atoms with Crippen LogP contribution in [0.5, 0.6) is 0 Å². The molecule has 0 spiro atoms. The molecule has 0 fully saturated rings. The summed E-state index contributed by atoms with van der Waals surface area (Å²) >= 11 is 3.25. The minimum atomic E-state index is -0.188. The lowest BCUT2D eigenvalue weighted by molar-refractivity contribution is 0.424. The summed E-state index contributed by atoms with van der Waals surface area (Å²) in [5.41, 5.74) is 0. The number of hydrogen-bond donors (Lipinski definition) is 0. The molecule has 0 heterocycles. The van der Waals surface area contributed by atoms with Crippen molar-refractivity contribution in [1.82, 2.24) is 0 Å². The zero-order valence-corrected chi connectivity index (χ0v) is 6.04. The molecule has 7 heavy (non-hydrogen) atoms. The van der Waals surface area contributed by atoms with E-state index >= 15 is 0 Å². The van der Waals surface area contributed by atoms with Crippen molar-refractivity contribution in [3.05, 3.63) is 0 Å². The first-order valence-electron chi connectivity index (χ1n) is 2.43. The highest BCUT2D eigenvalue weighted by Crippen LogP contribution is 2.04. The highest BCUT2D eigenvalue weighted by Gasteiger charge is 1.95. The lowest BCUT2D eigenvalue weighted by Crippen LogP contribution is -1.95. The van der Waals surface area contributed by atoms with Crippen LogP contribution in [0.2, 0.25) is 0 Å². The third kappa shape index (κ3) is 4.26. The van der Waals surface area contributed by atoms with Crippen LogP contribution in [0.4, 0.5) is 4.39 Å². The number of halogens is 2. The van der Waals surface area contributed by atoms with Crippen LogP contribution in [-0.2, 0) is 0 Å². The van der Waals surface area contributed by atoms with Crippen LogP contribution in [0.3, 0.4) is 0 Å². The summed E-state index contributed by atoms with van der Waals surface area (Å²) in [5.74, 6) is 0.491. The normalized spacial score (nSPS) is 14.1. The summed E-state index contributed by atoms with van der Waals surface area (Å²) in [6.07, 6.45) is 0.686. The molecular formula is C5H10BrF. The maximum absolute atomic E-state index is 11.4. The van der Waals surface area contributed by atoms with E-state index < -0.39 is 0 Å². The Hall–Kier alpha value is 0.410. The van der Waals surface area contributed by atoms with E-state index in [0.29, 0.717) is 12.3 Å². The second-order valence-electron chi connectivity index (χ2n) is 1.74. The molecule has 1 unspecified atom stereocenters. The lowest BCUT2D eigenvalue weighted by Gasteiger charge is -1.99. The molecule has 0 aliphatic carbocycles. The van der Waals surface area contributed by atoms with Gasteiger partial charge in [0, 0.05) is 5.33 Å². The predicted molar refractivity (Wildman–Crippen MR) is 33.5 cm³/mol. The molecule has 0 saturated heterocycles. The van der Waals surface area contributed by atoms with Crippen LogP contribution in [0.1, 0.15) is 13.3 Å². The van der Waals surface area contributed by atoms with Gasteiger partial charge in [-0.1, -0.05) is 22.9 Å². The standard InChI is InChI=1S/C5H10BrF/c1-5(4-6)2-3-7/h5H,2-4H2,1H3. The molecule has 44 valence electrons. The van der Waals surface area contributed by atoms with E-state index in [2.05, 4.69) is 15.9 Å². The van der Waals surface area contributed by atoms with Gasteiger partial charge in [0.05, 0.1) is 6.67 Å². The minimum Gasteiger partial charge on any atom is -0.251 e. The SMILES string of the molecule is CC(CBr)CCF. The Morgan fingerprint density at radius 1 is 1.71 bits per heavy atom. The molecule has 0 nitrogen and oxygen atoms in total. The molecule has 0 N–H and O–H groups in total. The molecule has 0 rings (SSSR count). The van der Waals surface area contributed by atoms with Gasteiger partial charge in [0.1, 0.15) is 0 Å². The van der Waals surface area contributed by atoms with Crippen molar-refractivity contribution in [1.29, 1.82) is 0 Å². The van der Waals surface area contributed by atoms with Crippen molar-refractivity contribution in [3.8, 4) is 0 Å². The molecule has 0 aromatic rings. The fourth-order valence-electron chi connectivity index (χ4n) is 0.263. The van der Waals surface area contributed by atoms with Crippen molar-refractivity contribution in [2.45, 2.75) is 13.3 Å². The lowest BCUT2D eigenvalue weighted by atomic mass is 10.2. The smallest absolute Gasteiger partial charge is 0.0897 e. The van der Waals surface area contributed by atoms with Crippen molar-refractivity contribution in [2.24, 2.45) is 5.92 Å². The van der Waals surface area contributed by atoms with Crippen LogP contribution in [0, 0.1) is 5.92 Å². The molecule has 0 radical (unpaired) electrons. The van der Waals surface area contributed by atoms with E-state index in [-0.39, 0.29) is 6.67 Å². The van der Waals surface area contributed by atoms with Gasteiger partial charge >= 0.3 is 0 Å². The largest absolute Gasteiger partial charge is 0.251 e. The van der Waals surface area contributed by atoms with E-state index in [1.165, 1.54) is 0 Å². The van der Waals surface area contributed by atoms with E-state index in [1.54, 1.807) is 0 Å². The van der Waals surface area contributed by atoms with Gasteiger partial charge in [-0.15, -0.1) is 0 Å². The Bertz CT molecular complexity index is 39.1. The Labute approximate surface area is 52.2 Å². The summed E-state index contributed by atoms with van der Waals surface area (Å²) in [6, 6.07) is 0. The molecule has 1 atom stereocenters. The summed E-state index contributed by atoms with van der Waals surface area (Å²) in [4.78, 5) is 0. The first-order chi connectivity index (χ1) is 3.31. The quantitative estimate of drug-likeness (QED) is 0.569. The summed E-state index contributed by atoms with van der Waals surface area (Å²) < 4.78 is 11.4. The van der Waals surface area contributed by atoms with Gasteiger partial charge in [-0.2, -0.15) is 0 Å². The zero-order valence-electron chi connectivity index (χ0n) is 4.45. The third-order valence-electron chi connectivity index (χ3n) is 0.865. The van der Waals surface area contributed by atoms with Gasteiger partial charge in [0.2, 0.25) is 0 Å². The fraction of sp³-hybridized carbons (Fsp3) is 1.00. The topological polar surface area (TPSA) is 0 Å². The number of alkyl halides is 2. The predicted octanol–water partition coefficient (Wildman–Crippen LogP) is 2.38. The van der Waals surface area contributed by atoms with Gasteiger partial charge in [-0.3, -0.25) is 4.39 Å². The molecule has 0 aromatic heterocycles. The molecular weight excluding hydrogens is 159 g/mol. The second kappa shape index (κ2) is 4.57. The van der Waals surface area contributed by atoms with Crippen LogP contribution >= 0.6 is 15.9 Å². The monoisotopic (exact) mass is 168 g/mol. The van der Waals surface area contributed by atoms with Gasteiger partial charge in [0.15, 0.2) is 0 Å². The van der Waals surface area contributed by atoms with Crippen LogP contribution in [0.25, 0.3) is 0 Å². The second-order valence-corrected chi connectivity index (χ2v) is 2.38. The molecule has 2 heteroatoms. The van der Waals surface area contributed by atoms with E-state index in [0.717, 1.165) is 5.33 Å². The fourth-order valence-corrected chi connectivity index (χ4v) is 0.587. The average Bonchev–Trinajstić information content (AvgIpc) is 1.68. The molecule has 0 aliphatic heterocycles. The van der Waals surface area contributed by atoms with E-state index in [9.17, 15) is 4.39 Å². The molecule has 0 saturated carbocycles. The van der Waals surface area contributed by atoms with E-state index in [1.807, 2.05) is 6.92 Å². The zero-order chi connectivity index (χ0) is 5.70. The highest BCUT2D eigenvalue weighted by molar-refractivity contribution is 9.09. The van der Waals surface area contributed by atoms with Crippen LogP contribution in [-0.4, -0.2) is 12.0 Å². The maximum atomic E-state index is 11.4. The summed E-state index contributed by atoms with van der Waals surface area (Å²) in [5, 5.41) is 0.914. The molecule has 0 bridgehead atoms. The Kier molecular flexibility index (Phi) is 4.83. The first kappa shape index (κ1) is 7.41. The molecule has 0 aliphatic rings. The van der Waals surface area contributed by atoms with Crippen LogP contribution < -0.4 is 0 Å². The Balaban J connectivity index is 2.83.